The third kappa shape index (κ3) is 3.37. The first-order valence-electron chi connectivity index (χ1n) is 9.00. The molecule has 2 bridgehead atoms. The van der Waals surface area contributed by atoms with E-state index in [1.807, 2.05) is 13.8 Å². The van der Waals surface area contributed by atoms with Crippen molar-refractivity contribution >= 4 is 22.8 Å². The highest BCUT2D eigenvalue weighted by atomic mass is 32.2. The maximum Gasteiger partial charge on any atom is 0.416 e. The summed E-state index contributed by atoms with van der Waals surface area (Å²) in [5.74, 6) is 0.549. The van der Waals surface area contributed by atoms with Crippen LogP contribution in [0.1, 0.15) is 53.9 Å². The molecule has 3 fully saturated rings. The number of carbonyl (C=O) groups excluding carboxylic acids is 1. The molecule has 4 rings (SSSR count). The van der Waals surface area contributed by atoms with Gasteiger partial charge in [0.25, 0.3) is 0 Å². The summed E-state index contributed by atoms with van der Waals surface area (Å²) < 4.78 is 35.4. The average Bonchev–Trinajstić information content (AvgIpc) is 2.69. The number of aliphatic hydroxyl groups excluding tert-OH is 1. The number of hydrogen-bond donors (Lipinski definition) is 3. The molecule has 0 spiro atoms. The number of amides is 1. The molecule has 3 saturated carbocycles. The summed E-state index contributed by atoms with van der Waals surface area (Å²) in [5.41, 5.74) is -2.30. The minimum atomic E-state index is -2.68. The van der Waals surface area contributed by atoms with Crippen molar-refractivity contribution in [2.75, 3.05) is 7.11 Å². The molecular weight excluding hydrogens is 374 g/mol. The van der Waals surface area contributed by atoms with Gasteiger partial charge in [-0.3, -0.25) is 9.89 Å². The molecular formula is C17H29N3O6S. The topological polar surface area (TPSA) is 118 Å². The fourth-order valence-electron chi connectivity index (χ4n) is 4.67. The molecule has 1 amide bonds. The summed E-state index contributed by atoms with van der Waals surface area (Å²) in [6, 6.07) is -0.735. The third-order valence-electron chi connectivity index (χ3n) is 5.56. The number of aliphatic hydroxyl groups is 1. The zero-order valence-corrected chi connectivity index (χ0v) is 17.5. The van der Waals surface area contributed by atoms with Crippen LogP contribution in [0.3, 0.4) is 0 Å². The second-order valence-electron chi connectivity index (χ2n) is 9.47. The molecule has 27 heavy (non-hydrogen) atoms. The van der Waals surface area contributed by atoms with Gasteiger partial charge in [-0.05, 0) is 53.9 Å². The lowest BCUT2D eigenvalue weighted by Gasteiger charge is -2.70. The first kappa shape index (κ1) is 20.5. The Hall–Kier alpha value is -1.23. The number of nitrogens with one attached hydrogen (secondary N) is 1. The predicted molar refractivity (Wildman–Crippen MR) is 98.9 cm³/mol. The van der Waals surface area contributed by atoms with Crippen molar-refractivity contribution in [2.45, 2.75) is 82.9 Å². The number of aliphatic imine (C=N–C) groups is 1. The average molecular weight is 404 g/mol. The van der Waals surface area contributed by atoms with E-state index < -0.39 is 46.0 Å². The summed E-state index contributed by atoms with van der Waals surface area (Å²) in [6.45, 7) is 8.98. The van der Waals surface area contributed by atoms with E-state index in [-0.39, 0.29) is 5.41 Å². The molecule has 0 radical (unpaired) electrons. The van der Waals surface area contributed by atoms with E-state index in [0.717, 1.165) is 0 Å². The number of amidine groups is 1. The predicted octanol–water partition coefficient (Wildman–Crippen LogP) is 0.786. The van der Waals surface area contributed by atoms with E-state index >= 15 is 0 Å². The molecule has 2 atom stereocenters. The molecule has 10 heteroatoms. The SMILES string of the molecule is COC(O)[C@@H]1N(C(=O)OC(C)(C)C)C(C23CC(N[SH](=O)=O)(C2)C3)=NC1(C)C. The number of nitrogens with zero attached hydrogens (tertiary/aromatic N) is 2. The van der Waals surface area contributed by atoms with E-state index in [1.165, 1.54) is 12.0 Å². The summed E-state index contributed by atoms with van der Waals surface area (Å²) >= 11 is 0. The van der Waals surface area contributed by atoms with Gasteiger partial charge in [-0.25, -0.2) is 17.9 Å². The molecule has 1 unspecified atom stereocenters. The lowest BCUT2D eigenvalue weighted by Crippen LogP contribution is -2.77. The van der Waals surface area contributed by atoms with Gasteiger partial charge < -0.3 is 14.6 Å². The normalized spacial score (nSPS) is 35.3. The Labute approximate surface area is 161 Å². The Balaban J connectivity index is 1.91. The summed E-state index contributed by atoms with van der Waals surface area (Å²) in [6.07, 6.45) is -0.0904. The zero-order chi connectivity index (χ0) is 20.4. The number of hydrogen-bond acceptors (Lipinski definition) is 7. The third-order valence-corrected chi connectivity index (χ3v) is 6.22. The van der Waals surface area contributed by atoms with Gasteiger partial charge in [-0.15, -0.1) is 0 Å². The van der Waals surface area contributed by atoms with Crippen molar-refractivity contribution in [1.29, 1.82) is 0 Å². The van der Waals surface area contributed by atoms with Gasteiger partial charge in [0.15, 0.2) is 6.29 Å². The summed E-state index contributed by atoms with van der Waals surface area (Å²) in [4.78, 5) is 19.2. The lowest BCUT2D eigenvalue weighted by atomic mass is 9.39. The molecule has 4 aliphatic rings. The summed E-state index contributed by atoms with van der Waals surface area (Å²) in [7, 11) is -1.31. The highest BCUT2D eigenvalue weighted by Crippen LogP contribution is 2.69. The van der Waals surface area contributed by atoms with Crippen LogP contribution in [0.15, 0.2) is 4.99 Å². The van der Waals surface area contributed by atoms with Crippen molar-refractivity contribution < 1.29 is 27.8 Å². The van der Waals surface area contributed by atoms with Crippen LogP contribution in [-0.2, 0) is 20.4 Å². The molecule has 0 saturated heterocycles. The minimum Gasteiger partial charge on any atom is -0.443 e. The Kier molecular flexibility index (Phi) is 4.66. The van der Waals surface area contributed by atoms with E-state index in [2.05, 4.69) is 4.72 Å². The van der Waals surface area contributed by atoms with Crippen LogP contribution < -0.4 is 4.72 Å². The monoisotopic (exact) mass is 403 g/mol. The van der Waals surface area contributed by atoms with Crippen molar-refractivity contribution in [1.82, 2.24) is 9.62 Å². The van der Waals surface area contributed by atoms with Gasteiger partial charge in [0.05, 0.1) is 5.54 Å². The maximum absolute atomic E-state index is 13.0. The first-order chi connectivity index (χ1) is 12.2. The first-order valence-corrected chi connectivity index (χ1v) is 10.2. The van der Waals surface area contributed by atoms with Crippen LogP contribution in [0, 0.1) is 5.41 Å². The maximum atomic E-state index is 13.0. The van der Waals surface area contributed by atoms with Gasteiger partial charge in [-0.1, -0.05) is 0 Å². The van der Waals surface area contributed by atoms with Gasteiger partial charge in [0.1, 0.15) is 17.5 Å². The fourth-order valence-corrected chi connectivity index (χ4v) is 5.29. The Morgan fingerprint density at radius 2 is 1.89 bits per heavy atom. The highest BCUT2D eigenvalue weighted by Gasteiger charge is 2.73. The van der Waals surface area contributed by atoms with Gasteiger partial charge in [-0.2, -0.15) is 0 Å². The molecule has 154 valence electrons. The largest absolute Gasteiger partial charge is 0.443 e. The molecule has 1 heterocycles. The Bertz CT molecular complexity index is 726. The molecule has 0 aromatic rings. The van der Waals surface area contributed by atoms with Crippen molar-refractivity contribution in [3.63, 3.8) is 0 Å². The molecule has 9 nitrogen and oxygen atoms in total. The quantitative estimate of drug-likeness (QED) is 0.461. The van der Waals surface area contributed by atoms with E-state index in [1.54, 1.807) is 20.8 Å². The van der Waals surface area contributed by atoms with E-state index in [4.69, 9.17) is 14.5 Å². The number of ether oxygens (including phenoxy) is 2. The Morgan fingerprint density at radius 3 is 2.33 bits per heavy atom. The number of methoxy groups -OCH3 is 1. The molecule has 2 N–H and O–H groups in total. The second-order valence-corrected chi connectivity index (χ2v) is 10.2. The van der Waals surface area contributed by atoms with Crippen LogP contribution in [0.25, 0.3) is 0 Å². The fraction of sp³-hybridized carbons (Fsp3) is 0.882. The smallest absolute Gasteiger partial charge is 0.416 e. The van der Waals surface area contributed by atoms with Crippen molar-refractivity contribution in [2.24, 2.45) is 10.4 Å². The van der Waals surface area contributed by atoms with E-state index in [9.17, 15) is 18.3 Å². The van der Waals surface area contributed by atoms with Gasteiger partial charge >= 0.3 is 6.09 Å². The number of thiol groups is 1. The number of rotatable bonds is 5. The highest BCUT2D eigenvalue weighted by molar-refractivity contribution is 7.70. The Morgan fingerprint density at radius 1 is 1.33 bits per heavy atom. The molecule has 1 aliphatic heterocycles. The van der Waals surface area contributed by atoms with Crippen molar-refractivity contribution in [3.8, 4) is 0 Å². The lowest BCUT2D eigenvalue weighted by molar-refractivity contribution is -0.129. The molecule has 0 aromatic carbocycles. The zero-order valence-electron chi connectivity index (χ0n) is 16.6. The standard InChI is InChI=1S/C17H29N3O6S/c1-14(2,3)26-13(22)20-10(11(21)25-6)15(4,5)18-12(20)16-7-17(8-16,9-16)19-27(23)24/h10-11,21,27H,7-9H2,1-6H3,(H,19,23,24)/t10-,11?,16?,17?/m0/s1. The molecule has 3 aliphatic carbocycles. The van der Waals surface area contributed by atoms with Crippen LogP contribution in [0.2, 0.25) is 0 Å². The van der Waals surface area contributed by atoms with Crippen LogP contribution >= 0.6 is 0 Å². The number of carbonyl (C=O) groups is 1. The summed E-state index contributed by atoms with van der Waals surface area (Å²) in [5, 5.41) is 10.4. The second kappa shape index (κ2) is 6.13. The minimum absolute atomic E-state index is 0.380. The molecule has 0 aromatic heterocycles. The van der Waals surface area contributed by atoms with Gasteiger partial charge in [0.2, 0.25) is 10.9 Å². The van der Waals surface area contributed by atoms with Crippen LogP contribution in [0.4, 0.5) is 4.79 Å². The van der Waals surface area contributed by atoms with Crippen molar-refractivity contribution in [3.05, 3.63) is 0 Å². The van der Waals surface area contributed by atoms with E-state index in [0.29, 0.717) is 25.1 Å². The van der Waals surface area contributed by atoms with Crippen LogP contribution in [0.5, 0.6) is 0 Å². The van der Waals surface area contributed by atoms with Crippen LogP contribution in [-0.4, -0.2) is 66.5 Å². The van der Waals surface area contributed by atoms with Gasteiger partial charge in [0, 0.05) is 18.1 Å².